The summed E-state index contributed by atoms with van der Waals surface area (Å²) in [5.41, 5.74) is 1.25. The van der Waals surface area contributed by atoms with E-state index in [9.17, 15) is 13.2 Å². The number of rotatable bonds is 1. The Morgan fingerprint density at radius 1 is 1.00 bits per heavy atom. The minimum absolute atomic E-state index is 0.0309. The van der Waals surface area contributed by atoms with Gasteiger partial charge >= 0.3 is 6.18 Å². The first kappa shape index (κ1) is 14.6. The molecule has 0 fully saturated rings. The molecule has 0 aliphatic heterocycles. The number of aromatic nitrogens is 2. The quantitative estimate of drug-likeness (QED) is 0.806. The Hall–Kier alpha value is -1.78. The molecule has 0 aliphatic carbocycles. The third-order valence-corrected chi connectivity index (χ3v) is 3.26. The fourth-order valence-corrected chi connectivity index (χ4v) is 2.12. The lowest BCUT2D eigenvalue weighted by Crippen LogP contribution is -2.11. The summed E-state index contributed by atoms with van der Waals surface area (Å²) in [7, 11) is 0. The summed E-state index contributed by atoms with van der Waals surface area (Å²) in [4.78, 5) is 0. The van der Waals surface area contributed by atoms with Crippen LogP contribution in [0.4, 0.5) is 13.2 Å². The summed E-state index contributed by atoms with van der Waals surface area (Å²) in [5.74, 6) is 0. The van der Waals surface area contributed by atoms with Gasteiger partial charge in [-0.05, 0) is 23.5 Å². The first-order valence-corrected chi connectivity index (χ1v) is 6.34. The molecule has 1 heterocycles. The first-order valence-electron chi connectivity index (χ1n) is 6.34. The van der Waals surface area contributed by atoms with E-state index < -0.39 is 11.9 Å². The highest BCUT2D eigenvalue weighted by Crippen LogP contribution is 2.37. The molecule has 0 aliphatic rings. The Balaban J connectivity index is 2.50. The number of benzene rings is 1. The molecule has 0 saturated heterocycles. The second kappa shape index (κ2) is 4.65. The van der Waals surface area contributed by atoms with Gasteiger partial charge in [0.05, 0.1) is 0 Å². The van der Waals surface area contributed by atoms with Crippen molar-refractivity contribution in [3.05, 3.63) is 41.2 Å². The molecular weight excluding hydrogens is 265 g/mol. The van der Waals surface area contributed by atoms with Crippen LogP contribution >= 0.6 is 0 Å². The van der Waals surface area contributed by atoms with Crippen LogP contribution in [0.3, 0.4) is 0 Å². The molecule has 0 atom stereocenters. The molecule has 2 nitrogen and oxygen atoms in total. The Morgan fingerprint density at radius 2 is 1.55 bits per heavy atom. The van der Waals surface area contributed by atoms with Gasteiger partial charge in [0.25, 0.3) is 0 Å². The first-order chi connectivity index (χ1) is 9.10. The summed E-state index contributed by atoms with van der Waals surface area (Å²) >= 11 is 0. The zero-order valence-electron chi connectivity index (χ0n) is 11.9. The van der Waals surface area contributed by atoms with Crippen LogP contribution in [0, 0.1) is 6.92 Å². The van der Waals surface area contributed by atoms with E-state index in [0.717, 1.165) is 5.56 Å². The van der Waals surface area contributed by atoms with Crippen molar-refractivity contribution in [1.82, 2.24) is 10.2 Å². The number of nitrogens with one attached hydrogen (secondary N) is 1. The second-order valence-corrected chi connectivity index (χ2v) is 5.90. The number of aryl methyl sites for hydroxylation is 1. The minimum atomic E-state index is -4.46. The number of H-pyrrole nitrogens is 1. The Kier molecular flexibility index (Phi) is 3.40. The molecule has 108 valence electrons. The predicted molar refractivity (Wildman–Crippen MR) is 72.5 cm³/mol. The van der Waals surface area contributed by atoms with Gasteiger partial charge in [-0.15, -0.1) is 0 Å². The van der Waals surface area contributed by atoms with Crippen LogP contribution in [0.15, 0.2) is 24.3 Å². The van der Waals surface area contributed by atoms with Gasteiger partial charge in [-0.3, -0.25) is 5.10 Å². The van der Waals surface area contributed by atoms with Gasteiger partial charge in [0.15, 0.2) is 5.69 Å². The van der Waals surface area contributed by atoms with Crippen molar-refractivity contribution in [3.63, 3.8) is 0 Å². The summed E-state index contributed by atoms with van der Waals surface area (Å²) in [6, 6.07) is 7.16. The third-order valence-electron chi connectivity index (χ3n) is 3.26. The molecule has 0 saturated carbocycles. The molecule has 2 aromatic rings. The van der Waals surface area contributed by atoms with Crippen LogP contribution in [0.25, 0.3) is 11.1 Å². The standard InChI is InChI=1S/C15H17F3N2/c1-9-12(13(20-19-9)15(16,17)18)10-5-7-11(8-6-10)14(2,3)4/h5-8H,1-4H3,(H,19,20). The van der Waals surface area contributed by atoms with Crippen molar-refractivity contribution >= 4 is 0 Å². The minimum Gasteiger partial charge on any atom is -0.282 e. The molecule has 0 unspecified atom stereocenters. The largest absolute Gasteiger partial charge is 0.435 e. The van der Waals surface area contributed by atoms with Crippen molar-refractivity contribution in [2.45, 2.75) is 39.3 Å². The molecule has 1 N–H and O–H groups in total. The van der Waals surface area contributed by atoms with E-state index in [4.69, 9.17) is 0 Å². The van der Waals surface area contributed by atoms with Gasteiger partial charge < -0.3 is 0 Å². The number of halogens is 3. The average molecular weight is 282 g/mol. The van der Waals surface area contributed by atoms with Gasteiger partial charge in [-0.2, -0.15) is 18.3 Å². The molecule has 0 amide bonds. The highest BCUT2D eigenvalue weighted by Gasteiger charge is 2.37. The van der Waals surface area contributed by atoms with Crippen LogP contribution in [0.2, 0.25) is 0 Å². The van der Waals surface area contributed by atoms with Crippen molar-refractivity contribution in [1.29, 1.82) is 0 Å². The Labute approximate surface area is 116 Å². The van der Waals surface area contributed by atoms with Crippen molar-refractivity contribution < 1.29 is 13.2 Å². The highest BCUT2D eigenvalue weighted by atomic mass is 19.4. The van der Waals surface area contributed by atoms with Crippen molar-refractivity contribution in [2.24, 2.45) is 0 Å². The number of nitrogens with zero attached hydrogens (tertiary/aromatic N) is 1. The molecular formula is C15H17F3N2. The van der Waals surface area contributed by atoms with Crippen molar-refractivity contribution in [3.8, 4) is 11.1 Å². The van der Waals surface area contributed by atoms with Gasteiger partial charge in [0.1, 0.15) is 0 Å². The topological polar surface area (TPSA) is 28.7 Å². The van der Waals surface area contributed by atoms with Crippen molar-refractivity contribution in [2.75, 3.05) is 0 Å². The lowest BCUT2D eigenvalue weighted by Gasteiger charge is -2.19. The van der Waals surface area contributed by atoms with E-state index in [0.29, 0.717) is 11.3 Å². The lowest BCUT2D eigenvalue weighted by atomic mass is 9.86. The Bertz CT molecular complexity index is 602. The van der Waals surface area contributed by atoms with Crippen LogP contribution in [-0.4, -0.2) is 10.2 Å². The van der Waals surface area contributed by atoms with E-state index in [1.165, 1.54) is 0 Å². The third kappa shape index (κ3) is 2.71. The molecule has 0 bridgehead atoms. The zero-order valence-corrected chi connectivity index (χ0v) is 11.9. The van der Waals surface area contributed by atoms with Crippen LogP contribution in [0.5, 0.6) is 0 Å². The smallest absolute Gasteiger partial charge is 0.282 e. The number of alkyl halides is 3. The van der Waals surface area contributed by atoms with Gasteiger partial charge in [-0.25, -0.2) is 0 Å². The normalized spacial score (nSPS) is 12.8. The summed E-state index contributed by atoms with van der Waals surface area (Å²) in [6.45, 7) is 7.78. The van der Waals surface area contributed by atoms with E-state index in [1.807, 2.05) is 12.1 Å². The molecule has 1 aromatic heterocycles. The van der Waals surface area contributed by atoms with E-state index in [-0.39, 0.29) is 11.0 Å². The van der Waals surface area contributed by atoms with Gasteiger partial charge in [0.2, 0.25) is 0 Å². The SMILES string of the molecule is Cc1[nH]nc(C(F)(F)F)c1-c1ccc(C(C)(C)C)cc1. The number of hydrogen-bond donors (Lipinski definition) is 1. The monoisotopic (exact) mass is 282 g/mol. The number of hydrogen-bond acceptors (Lipinski definition) is 1. The molecule has 0 spiro atoms. The van der Waals surface area contributed by atoms with E-state index in [1.54, 1.807) is 19.1 Å². The molecule has 1 aromatic carbocycles. The maximum atomic E-state index is 12.9. The highest BCUT2D eigenvalue weighted by molar-refractivity contribution is 5.69. The van der Waals surface area contributed by atoms with Crippen LogP contribution in [0.1, 0.15) is 37.7 Å². The average Bonchev–Trinajstić information content (AvgIpc) is 2.70. The maximum absolute atomic E-state index is 12.9. The molecule has 20 heavy (non-hydrogen) atoms. The maximum Gasteiger partial charge on any atom is 0.435 e. The van der Waals surface area contributed by atoms with Gasteiger partial charge in [-0.1, -0.05) is 45.0 Å². The van der Waals surface area contributed by atoms with E-state index >= 15 is 0 Å². The zero-order chi connectivity index (χ0) is 15.1. The summed E-state index contributed by atoms with van der Waals surface area (Å²) < 4.78 is 38.8. The van der Waals surface area contributed by atoms with E-state index in [2.05, 4.69) is 31.0 Å². The Morgan fingerprint density at radius 3 is 2.00 bits per heavy atom. The lowest BCUT2D eigenvalue weighted by molar-refractivity contribution is -0.140. The fourth-order valence-electron chi connectivity index (χ4n) is 2.12. The second-order valence-electron chi connectivity index (χ2n) is 5.90. The van der Waals surface area contributed by atoms with Gasteiger partial charge in [0, 0.05) is 11.3 Å². The predicted octanol–water partition coefficient (Wildman–Crippen LogP) is 4.70. The number of aromatic amines is 1. The molecule has 5 heteroatoms. The van der Waals surface area contributed by atoms with Crippen LogP contribution in [-0.2, 0) is 11.6 Å². The summed E-state index contributed by atoms with van der Waals surface area (Å²) in [6.07, 6.45) is -4.46. The molecule has 2 rings (SSSR count). The molecule has 0 radical (unpaired) electrons. The fraction of sp³-hybridized carbons (Fsp3) is 0.400. The van der Waals surface area contributed by atoms with Crippen LogP contribution < -0.4 is 0 Å². The summed E-state index contributed by atoms with van der Waals surface area (Å²) in [5, 5.41) is 5.80.